The molecule has 6 nitrogen and oxygen atoms in total. The van der Waals surface area contributed by atoms with E-state index in [4.69, 9.17) is 25.8 Å². The maximum absolute atomic E-state index is 12.5. The maximum atomic E-state index is 12.5. The Morgan fingerprint density at radius 3 is 2.32 bits per heavy atom. The topological polar surface area (TPSA) is 73.9 Å². The fourth-order valence-electron chi connectivity index (χ4n) is 2.67. The van der Waals surface area contributed by atoms with Gasteiger partial charge in [0.1, 0.15) is 0 Å². The van der Waals surface area contributed by atoms with Crippen molar-refractivity contribution in [1.29, 1.82) is 0 Å². The highest BCUT2D eigenvalue weighted by molar-refractivity contribution is 6.32. The van der Waals surface area contributed by atoms with Crippen LogP contribution in [-0.2, 0) is 9.53 Å². The van der Waals surface area contributed by atoms with Crippen LogP contribution in [0.3, 0.4) is 0 Å². The van der Waals surface area contributed by atoms with Gasteiger partial charge in [-0.3, -0.25) is 4.79 Å². The van der Waals surface area contributed by atoms with Crippen LogP contribution in [-0.4, -0.2) is 32.2 Å². The Balaban J connectivity index is 2.12. The van der Waals surface area contributed by atoms with Crippen LogP contribution in [0.4, 0.5) is 5.69 Å². The number of para-hydroxylation sites is 1. The summed E-state index contributed by atoms with van der Waals surface area (Å²) in [6.07, 6.45) is -1.00. The first kappa shape index (κ1) is 21.6. The molecule has 2 rings (SSSR count). The molecule has 28 heavy (non-hydrogen) atoms. The lowest BCUT2D eigenvalue weighted by Gasteiger charge is -2.17. The minimum atomic E-state index is -1.00. The molecule has 1 amide bonds. The average Bonchev–Trinajstić information content (AvgIpc) is 2.67. The first-order valence-corrected chi connectivity index (χ1v) is 9.18. The average molecular weight is 406 g/mol. The standard InChI is InChI=1S/C21H24ClNO5/c1-12(2)15-8-6-7-9-17(15)23-20(24)13(3)28-21(25)14-10-16(22)19(27-5)18(11-14)26-4/h6-13H,1-5H3,(H,23,24)/t13-/m0/s1. The van der Waals surface area contributed by atoms with Gasteiger partial charge in [-0.1, -0.05) is 43.6 Å². The molecule has 1 atom stereocenters. The molecule has 1 N–H and O–H groups in total. The van der Waals surface area contributed by atoms with Crippen molar-refractivity contribution in [2.75, 3.05) is 19.5 Å². The molecule has 2 aromatic carbocycles. The van der Waals surface area contributed by atoms with Gasteiger partial charge in [-0.25, -0.2) is 4.79 Å². The summed E-state index contributed by atoms with van der Waals surface area (Å²) in [4.78, 5) is 24.9. The first-order valence-electron chi connectivity index (χ1n) is 8.80. The zero-order valence-corrected chi connectivity index (χ0v) is 17.3. The van der Waals surface area contributed by atoms with Crippen molar-refractivity contribution < 1.29 is 23.8 Å². The molecule has 0 aromatic heterocycles. The second-order valence-corrected chi connectivity index (χ2v) is 6.88. The van der Waals surface area contributed by atoms with E-state index in [2.05, 4.69) is 5.32 Å². The number of methoxy groups -OCH3 is 2. The normalized spacial score (nSPS) is 11.7. The van der Waals surface area contributed by atoms with Crippen LogP contribution in [0.15, 0.2) is 36.4 Å². The van der Waals surface area contributed by atoms with E-state index < -0.39 is 18.0 Å². The summed E-state index contributed by atoms with van der Waals surface area (Å²) in [7, 11) is 2.88. The molecule has 0 saturated heterocycles. The Hall–Kier alpha value is -2.73. The van der Waals surface area contributed by atoms with Crippen molar-refractivity contribution >= 4 is 29.2 Å². The Labute approximate surface area is 169 Å². The molecule has 0 aliphatic carbocycles. The summed E-state index contributed by atoms with van der Waals surface area (Å²) in [5.41, 5.74) is 1.85. The molecule has 2 aromatic rings. The lowest BCUT2D eigenvalue weighted by atomic mass is 10.0. The van der Waals surface area contributed by atoms with Gasteiger partial charge in [0.05, 0.1) is 24.8 Å². The third-order valence-electron chi connectivity index (χ3n) is 4.16. The predicted octanol–water partition coefficient (Wildman–Crippen LogP) is 4.66. The van der Waals surface area contributed by atoms with Crippen LogP contribution >= 0.6 is 11.6 Å². The first-order chi connectivity index (χ1) is 13.3. The van der Waals surface area contributed by atoms with Gasteiger partial charge >= 0.3 is 5.97 Å². The Kier molecular flexibility index (Phi) is 7.29. The minimum absolute atomic E-state index is 0.157. The van der Waals surface area contributed by atoms with E-state index in [1.165, 1.54) is 33.3 Å². The van der Waals surface area contributed by atoms with Gasteiger partial charge in [0, 0.05) is 5.69 Å². The fraction of sp³-hybridized carbons (Fsp3) is 0.333. The number of benzene rings is 2. The lowest BCUT2D eigenvalue weighted by Crippen LogP contribution is -2.30. The Bertz CT molecular complexity index is 866. The molecule has 0 heterocycles. The monoisotopic (exact) mass is 405 g/mol. The molecule has 0 fully saturated rings. The number of ether oxygens (including phenoxy) is 3. The number of rotatable bonds is 7. The molecule has 0 unspecified atom stereocenters. The number of carbonyl (C=O) groups excluding carboxylic acids is 2. The smallest absolute Gasteiger partial charge is 0.339 e. The van der Waals surface area contributed by atoms with E-state index in [0.717, 1.165) is 5.56 Å². The number of esters is 1. The zero-order valence-electron chi connectivity index (χ0n) is 16.5. The van der Waals surface area contributed by atoms with E-state index >= 15 is 0 Å². The Morgan fingerprint density at radius 1 is 1.04 bits per heavy atom. The van der Waals surface area contributed by atoms with Crippen LogP contribution in [0.2, 0.25) is 5.02 Å². The van der Waals surface area contributed by atoms with Gasteiger partial charge in [-0.05, 0) is 36.6 Å². The van der Waals surface area contributed by atoms with Gasteiger partial charge in [-0.2, -0.15) is 0 Å². The van der Waals surface area contributed by atoms with Crippen molar-refractivity contribution in [3.8, 4) is 11.5 Å². The Morgan fingerprint density at radius 2 is 1.71 bits per heavy atom. The molecule has 0 bridgehead atoms. The number of amides is 1. The van der Waals surface area contributed by atoms with Crippen LogP contribution < -0.4 is 14.8 Å². The summed E-state index contributed by atoms with van der Waals surface area (Å²) in [6.45, 7) is 5.58. The van der Waals surface area contributed by atoms with Crippen LogP contribution in [0.5, 0.6) is 11.5 Å². The molecule has 0 aliphatic heterocycles. The molecular formula is C21H24ClNO5. The molecule has 7 heteroatoms. The molecule has 0 aliphatic rings. The second kappa shape index (κ2) is 9.46. The minimum Gasteiger partial charge on any atom is -0.493 e. The van der Waals surface area contributed by atoms with E-state index in [-0.39, 0.29) is 16.5 Å². The molecule has 150 valence electrons. The number of anilines is 1. The lowest BCUT2D eigenvalue weighted by molar-refractivity contribution is -0.123. The summed E-state index contributed by atoms with van der Waals surface area (Å²) in [5, 5.41) is 3.02. The third-order valence-corrected chi connectivity index (χ3v) is 4.44. The molecular weight excluding hydrogens is 382 g/mol. The summed E-state index contributed by atoms with van der Waals surface area (Å²) in [5.74, 6) is -0.263. The summed E-state index contributed by atoms with van der Waals surface area (Å²) >= 11 is 6.12. The van der Waals surface area contributed by atoms with Gasteiger partial charge in [0.25, 0.3) is 5.91 Å². The molecule has 0 radical (unpaired) electrons. The van der Waals surface area contributed by atoms with Crippen LogP contribution in [0.1, 0.15) is 42.6 Å². The van der Waals surface area contributed by atoms with Crippen LogP contribution in [0.25, 0.3) is 0 Å². The second-order valence-electron chi connectivity index (χ2n) is 6.47. The number of hydrogen-bond donors (Lipinski definition) is 1. The van der Waals surface area contributed by atoms with Crippen LogP contribution in [0, 0.1) is 0 Å². The van der Waals surface area contributed by atoms with Gasteiger partial charge in [0.2, 0.25) is 0 Å². The number of halogens is 1. The van der Waals surface area contributed by atoms with Crippen molar-refractivity contribution in [1.82, 2.24) is 0 Å². The SMILES string of the molecule is COc1cc(C(=O)O[C@@H](C)C(=O)Nc2ccccc2C(C)C)cc(Cl)c1OC. The summed E-state index contributed by atoms with van der Waals surface area (Å²) < 4.78 is 15.6. The van der Waals surface area contributed by atoms with E-state index in [0.29, 0.717) is 17.2 Å². The number of nitrogens with one attached hydrogen (secondary N) is 1. The van der Waals surface area contributed by atoms with Gasteiger partial charge in [0.15, 0.2) is 17.6 Å². The highest BCUT2D eigenvalue weighted by atomic mass is 35.5. The quantitative estimate of drug-likeness (QED) is 0.678. The van der Waals surface area contributed by atoms with E-state index in [1.54, 1.807) is 0 Å². The number of carbonyl (C=O) groups is 2. The highest BCUT2D eigenvalue weighted by Gasteiger charge is 2.22. The predicted molar refractivity (Wildman–Crippen MR) is 109 cm³/mol. The van der Waals surface area contributed by atoms with Crippen molar-refractivity contribution in [3.63, 3.8) is 0 Å². The van der Waals surface area contributed by atoms with Gasteiger partial charge < -0.3 is 19.5 Å². The van der Waals surface area contributed by atoms with E-state index in [9.17, 15) is 9.59 Å². The van der Waals surface area contributed by atoms with Crippen molar-refractivity contribution in [3.05, 3.63) is 52.5 Å². The van der Waals surface area contributed by atoms with Crippen molar-refractivity contribution in [2.24, 2.45) is 0 Å². The molecule has 0 saturated carbocycles. The largest absolute Gasteiger partial charge is 0.493 e. The maximum Gasteiger partial charge on any atom is 0.339 e. The highest BCUT2D eigenvalue weighted by Crippen LogP contribution is 2.36. The summed E-state index contributed by atoms with van der Waals surface area (Å²) in [6, 6.07) is 10.4. The van der Waals surface area contributed by atoms with E-state index in [1.807, 2.05) is 38.1 Å². The number of hydrogen-bond acceptors (Lipinski definition) is 5. The third kappa shape index (κ3) is 4.95. The van der Waals surface area contributed by atoms with Gasteiger partial charge in [-0.15, -0.1) is 0 Å². The zero-order chi connectivity index (χ0) is 20.8. The molecule has 0 spiro atoms. The van der Waals surface area contributed by atoms with Crippen molar-refractivity contribution in [2.45, 2.75) is 32.8 Å². The fourth-order valence-corrected chi connectivity index (χ4v) is 2.95.